The van der Waals surface area contributed by atoms with Crippen molar-refractivity contribution in [2.24, 2.45) is 0 Å². The lowest BCUT2D eigenvalue weighted by Gasteiger charge is -2.43. The Morgan fingerprint density at radius 3 is 1.53 bits per heavy atom. The van der Waals surface area contributed by atoms with Crippen LogP contribution in [0, 0.1) is 13.8 Å². The van der Waals surface area contributed by atoms with E-state index in [4.69, 9.17) is 36.8 Å². The van der Waals surface area contributed by atoms with Gasteiger partial charge < -0.3 is 28.4 Å². The molecule has 1 saturated heterocycles. The number of carbonyl (C=O) groups excluding carboxylic acids is 2. The molecule has 0 unspecified atom stereocenters. The highest BCUT2D eigenvalue weighted by Gasteiger charge is 2.54. The molecular weight excluding hydrogens is 709 g/mol. The summed E-state index contributed by atoms with van der Waals surface area (Å²) in [5.74, 6) is 0.157. The van der Waals surface area contributed by atoms with Crippen LogP contribution in [0.2, 0.25) is 0 Å². The van der Waals surface area contributed by atoms with Crippen molar-refractivity contribution in [2.75, 3.05) is 13.7 Å². The molecule has 0 aromatic heterocycles. The summed E-state index contributed by atoms with van der Waals surface area (Å²) < 4.78 is 97.7. The molecule has 14 nitrogen and oxygen atoms in total. The summed E-state index contributed by atoms with van der Waals surface area (Å²) in [6.45, 7) is 2.65. The summed E-state index contributed by atoms with van der Waals surface area (Å²) in [5, 5.41) is 0. The zero-order chi connectivity index (χ0) is 36.6. The van der Waals surface area contributed by atoms with E-state index < -0.39 is 69.9 Å². The van der Waals surface area contributed by atoms with E-state index in [1.165, 1.54) is 60.7 Å². The number of methoxy groups -OCH3 is 1. The largest absolute Gasteiger partial charge is 0.514 e. The molecule has 0 amide bonds. The van der Waals surface area contributed by atoms with Crippen molar-refractivity contribution < 1.29 is 63.2 Å². The third-order valence-electron chi connectivity index (χ3n) is 7.42. The number of ether oxygens (including phenoxy) is 6. The quantitative estimate of drug-likeness (QED) is 0.104. The highest BCUT2D eigenvalue weighted by Crippen LogP contribution is 2.33. The van der Waals surface area contributed by atoms with E-state index in [2.05, 4.69) is 0 Å². The van der Waals surface area contributed by atoms with Crippen molar-refractivity contribution >= 4 is 32.5 Å². The lowest BCUT2D eigenvalue weighted by atomic mass is 9.99. The highest BCUT2D eigenvalue weighted by atomic mass is 32.2. The second kappa shape index (κ2) is 16.5. The van der Waals surface area contributed by atoms with E-state index in [0.717, 1.165) is 18.2 Å². The molecule has 0 aliphatic carbocycles. The van der Waals surface area contributed by atoms with Gasteiger partial charge in [0.2, 0.25) is 0 Å². The first kappa shape index (κ1) is 37.4. The van der Waals surface area contributed by atoms with Gasteiger partial charge in [-0.25, -0.2) is 9.59 Å². The molecule has 4 aromatic carbocycles. The number of hydrogen-bond acceptors (Lipinski definition) is 14. The van der Waals surface area contributed by atoms with Crippen molar-refractivity contribution in [3.05, 3.63) is 120 Å². The van der Waals surface area contributed by atoms with Gasteiger partial charge in [-0.05, 0) is 62.4 Å². The second-order valence-corrected chi connectivity index (χ2v) is 14.3. The van der Waals surface area contributed by atoms with Crippen molar-refractivity contribution in [1.82, 2.24) is 0 Å². The monoisotopic (exact) mass is 742 g/mol. The predicted octanol–water partition coefficient (Wildman–Crippen LogP) is 5.32. The Kier molecular flexibility index (Phi) is 12.1. The van der Waals surface area contributed by atoms with Crippen molar-refractivity contribution in [3.8, 4) is 11.5 Å². The van der Waals surface area contributed by atoms with Gasteiger partial charge in [-0.1, -0.05) is 71.8 Å². The normalized spacial score (nSPS) is 20.6. The van der Waals surface area contributed by atoms with Crippen molar-refractivity contribution in [1.29, 1.82) is 0 Å². The molecule has 0 spiro atoms. The van der Waals surface area contributed by atoms with E-state index in [1.807, 2.05) is 0 Å². The number of rotatable bonds is 12. The smallest absolute Gasteiger partial charge is 0.424 e. The maximum absolute atomic E-state index is 13.7. The summed E-state index contributed by atoms with van der Waals surface area (Å²) in [4.78, 5) is 25.8. The van der Waals surface area contributed by atoms with Crippen LogP contribution < -0.4 is 9.47 Å². The summed E-state index contributed by atoms with van der Waals surface area (Å²) in [6.07, 6.45) is -11.5. The van der Waals surface area contributed by atoms with Crippen LogP contribution >= 0.6 is 0 Å². The zero-order valence-electron chi connectivity index (χ0n) is 27.5. The van der Waals surface area contributed by atoms with Gasteiger partial charge in [0.05, 0.1) is 16.4 Å². The summed E-state index contributed by atoms with van der Waals surface area (Å²) >= 11 is 0. The maximum Gasteiger partial charge on any atom is 0.514 e. The van der Waals surface area contributed by atoms with Gasteiger partial charge in [-0.2, -0.15) is 16.8 Å². The van der Waals surface area contributed by atoms with E-state index >= 15 is 0 Å². The van der Waals surface area contributed by atoms with Crippen LogP contribution in [0.1, 0.15) is 11.1 Å². The second-order valence-electron chi connectivity index (χ2n) is 11.2. The summed E-state index contributed by atoms with van der Waals surface area (Å²) in [5.41, 5.74) is 1.54. The molecule has 1 aliphatic heterocycles. The van der Waals surface area contributed by atoms with Crippen LogP contribution in [0.3, 0.4) is 0 Å². The Balaban J connectivity index is 1.52. The minimum atomic E-state index is -4.70. The van der Waals surface area contributed by atoms with Crippen LogP contribution in [0.4, 0.5) is 9.59 Å². The van der Waals surface area contributed by atoms with Gasteiger partial charge in [0.25, 0.3) is 20.2 Å². The third kappa shape index (κ3) is 9.90. The highest BCUT2D eigenvalue weighted by molar-refractivity contribution is 7.87. The Labute approximate surface area is 295 Å². The summed E-state index contributed by atoms with van der Waals surface area (Å²) in [6, 6.07) is 27.0. The molecule has 16 heteroatoms. The molecular formula is C35H34O14S2. The lowest BCUT2D eigenvalue weighted by molar-refractivity contribution is -0.289. The molecule has 1 heterocycles. The van der Waals surface area contributed by atoms with Gasteiger partial charge in [-0.3, -0.25) is 8.37 Å². The fourth-order valence-corrected chi connectivity index (χ4v) is 6.88. The lowest BCUT2D eigenvalue weighted by Crippen LogP contribution is -2.63. The van der Waals surface area contributed by atoms with Crippen LogP contribution in [0.5, 0.6) is 11.5 Å². The molecule has 0 N–H and O–H groups in total. The van der Waals surface area contributed by atoms with Gasteiger partial charge in [0, 0.05) is 7.11 Å². The van der Waals surface area contributed by atoms with Gasteiger partial charge in [0.1, 0.15) is 23.7 Å². The SMILES string of the molecule is CO[C@H]1O[C@H](COS(=O)(=O)c2ccc(C)cc2)[C@@H](OS(=O)(=O)c2ccc(C)cc2)[C@@H](OC(=O)Oc2ccccc2)[C@@H]1OC(=O)Oc1ccccc1. The van der Waals surface area contributed by atoms with Crippen molar-refractivity contribution in [2.45, 2.75) is 54.3 Å². The van der Waals surface area contributed by atoms with Crippen LogP contribution in [0.15, 0.2) is 119 Å². The molecule has 5 atom stereocenters. The number of hydrogen-bond donors (Lipinski definition) is 0. The molecule has 0 radical (unpaired) electrons. The van der Waals surface area contributed by atoms with E-state index in [-0.39, 0.29) is 21.3 Å². The Morgan fingerprint density at radius 1 is 0.608 bits per heavy atom. The first-order chi connectivity index (χ1) is 24.3. The standard InChI is InChI=1S/C35H34O14S2/c1-23-14-18-27(19-15-23)50(38,39)43-22-29-30(49-51(40,41)28-20-16-24(2)17-21-28)31(47-34(36)44-25-10-6-4-7-11-25)32(33(42-3)46-29)48-35(37)45-26-12-8-5-9-13-26/h4-21,29-33H,22H2,1-3H3/t29-,30-,31-,32+,33+/m1/s1. The fourth-order valence-electron chi connectivity index (χ4n) is 4.85. The maximum atomic E-state index is 13.7. The van der Waals surface area contributed by atoms with Crippen LogP contribution in [0.25, 0.3) is 0 Å². The molecule has 1 fully saturated rings. The first-order valence-corrected chi connectivity index (χ1v) is 18.2. The topological polar surface area (TPSA) is 176 Å². The zero-order valence-corrected chi connectivity index (χ0v) is 29.2. The van der Waals surface area contributed by atoms with Gasteiger partial charge >= 0.3 is 12.3 Å². The Bertz CT molecular complexity index is 1990. The van der Waals surface area contributed by atoms with E-state index in [1.54, 1.807) is 62.4 Å². The average molecular weight is 743 g/mol. The van der Waals surface area contributed by atoms with Gasteiger partial charge in [0.15, 0.2) is 18.5 Å². The minimum absolute atomic E-state index is 0.0626. The molecule has 51 heavy (non-hydrogen) atoms. The average Bonchev–Trinajstić information content (AvgIpc) is 3.10. The van der Waals surface area contributed by atoms with Crippen molar-refractivity contribution in [3.63, 3.8) is 0 Å². The van der Waals surface area contributed by atoms with Gasteiger partial charge in [-0.15, -0.1) is 0 Å². The molecule has 0 saturated carbocycles. The minimum Gasteiger partial charge on any atom is -0.424 e. The Hall–Kier alpha value is -4.84. The molecule has 270 valence electrons. The number of carbonyl (C=O) groups is 2. The van der Waals surface area contributed by atoms with E-state index in [0.29, 0.717) is 0 Å². The van der Waals surface area contributed by atoms with E-state index in [9.17, 15) is 26.4 Å². The number of aryl methyl sites for hydroxylation is 2. The first-order valence-electron chi connectivity index (χ1n) is 15.4. The van der Waals surface area contributed by atoms with Crippen LogP contribution in [-0.2, 0) is 47.5 Å². The summed E-state index contributed by atoms with van der Waals surface area (Å²) in [7, 11) is -7.98. The van der Waals surface area contributed by atoms with Crippen LogP contribution in [-0.4, -0.2) is 73.6 Å². The number of para-hydroxylation sites is 2. The molecule has 0 bridgehead atoms. The Morgan fingerprint density at radius 2 is 1.06 bits per heavy atom. The third-order valence-corrected chi connectivity index (χ3v) is 10.0. The molecule has 5 rings (SSSR count). The number of benzene rings is 4. The molecule has 4 aromatic rings. The molecule has 1 aliphatic rings. The predicted molar refractivity (Wildman–Crippen MR) is 178 cm³/mol. The fraction of sp³-hybridized carbons (Fsp3) is 0.257.